The third kappa shape index (κ3) is 1.84. The van der Waals surface area contributed by atoms with E-state index in [1.807, 2.05) is 0 Å². The molecule has 1 saturated heterocycles. The second-order valence-corrected chi connectivity index (χ2v) is 2.91. The van der Waals surface area contributed by atoms with Gasteiger partial charge < -0.3 is 4.74 Å². The monoisotopic (exact) mass is 163 g/mol. The predicted molar refractivity (Wildman–Crippen MR) is 42.3 cm³/mol. The zero-order valence-corrected chi connectivity index (χ0v) is 7.27. The summed E-state index contributed by atoms with van der Waals surface area (Å²) in [6.45, 7) is 7.07. The van der Waals surface area contributed by atoms with Gasteiger partial charge in [0.15, 0.2) is 0 Å². The smallest absolute Gasteiger partial charge is 0.114 e. The van der Waals surface area contributed by atoms with Gasteiger partial charge in [-0.1, -0.05) is 13.8 Å². The zero-order valence-electron chi connectivity index (χ0n) is 6.51. The fourth-order valence-corrected chi connectivity index (χ4v) is 1.44. The molecular weight excluding hydrogens is 150 g/mol. The van der Waals surface area contributed by atoms with Crippen molar-refractivity contribution < 1.29 is 4.74 Å². The number of alkyl halides is 1. The van der Waals surface area contributed by atoms with E-state index in [0.29, 0.717) is 6.10 Å². The van der Waals surface area contributed by atoms with Crippen molar-refractivity contribution in [2.45, 2.75) is 25.5 Å². The molecule has 0 aliphatic carbocycles. The van der Waals surface area contributed by atoms with E-state index in [9.17, 15) is 0 Å². The van der Waals surface area contributed by atoms with Crippen molar-refractivity contribution in [2.75, 3.05) is 19.7 Å². The quantitative estimate of drug-likeness (QED) is 0.353. The number of likely N-dealkylation sites (N-methyl/N-ethyl adjacent to an activating group) is 1. The fourth-order valence-electron chi connectivity index (χ4n) is 1.02. The Morgan fingerprint density at radius 3 is 2.40 bits per heavy atom. The first-order chi connectivity index (χ1) is 4.79. The van der Waals surface area contributed by atoms with Gasteiger partial charge in [-0.25, -0.2) is 0 Å². The molecule has 3 heteroatoms. The summed E-state index contributed by atoms with van der Waals surface area (Å²) in [4.78, 5) is 2.19. The number of ether oxygens (including phenoxy) is 1. The minimum absolute atomic E-state index is 0.0926. The van der Waals surface area contributed by atoms with Crippen molar-refractivity contribution in [1.82, 2.24) is 4.90 Å². The molecule has 2 atom stereocenters. The Kier molecular flexibility index (Phi) is 2.96. The van der Waals surface area contributed by atoms with E-state index in [2.05, 4.69) is 18.7 Å². The standard InChI is InChI=1S/C7H14ClNO/c1-3-9(4-2)7(8)6-5-10-6/h6-7H,3-5H2,1-2H3. The van der Waals surface area contributed by atoms with Crippen molar-refractivity contribution in [3.05, 3.63) is 0 Å². The SMILES string of the molecule is CCN(CC)C(Cl)C1CO1. The Hall–Kier alpha value is 0.210. The number of hydrogen-bond donors (Lipinski definition) is 0. The second-order valence-electron chi connectivity index (χ2n) is 2.47. The van der Waals surface area contributed by atoms with Gasteiger partial charge >= 0.3 is 0 Å². The van der Waals surface area contributed by atoms with Crippen LogP contribution in [0, 0.1) is 0 Å². The van der Waals surface area contributed by atoms with Gasteiger partial charge in [0.1, 0.15) is 11.6 Å². The molecule has 1 rings (SSSR count). The normalized spacial score (nSPS) is 27.0. The maximum atomic E-state index is 6.05. The Morgan fingerprint density at radius 2 is 2.10 bits per heavy atom. The lowest BCUT2D eigenvalue weighted by molar-refractivity contribution is 0.234. The van der Waals surface area contributed by atoms with Gasteiger partial charge in [-0.2, -0.15) is 0 Å². The highest BCUT2D eigenvalue weighted by molar-refractivity contribution is 6.20. The fraction of sp³-hybridized carbons (Fsp3) is 1.00. The molecule has 2 unspecified atom stereocenters. The average Bonchev–Trinajstić information content (AvgIpc) is 2.71. The Balaban J connectivity index is 2.27. The van der Waals surface area contributed by atoms with Crippen molar-refractivity contribution in [1.29, 1.82) is 0 Å². The minimum Gasteiger partial charge on any atom is -0.370 e. The highest BCUT2D eigenvalue weighted by Crippen LogP contribution is 2.21. The first-order valence-corrected chi connectivity index (χ1v) is 4.23. The lowest BCUT2D eigenvalue weighted by Gasteiger charge is -2.22. The number of nitrogens with zero attached hydrogens (tertiary/aromatic N) is 1. The largest absolute Gasteiger partial charge is 0.370 e. The van der Waals surface area contributed by atoms with Crippen LogP contribution in [0.15, 0.2) is 0 Å². The first-order valence-electron chi connectivity index (χ1n) is 3.79. The van der Waals surface area contributed by atoms with Crippen LogP contribution < -0.4 is 0 Å². The topological polar surface area (TPSA) is 15.8 Å². The van der Waals surface area contributed by atoms with Crippen molar-refractivity contribution in [2.24, 2.45) is 0 Å². The molecule has 0 aromatic heterocycles. The van der Waals surface area contributed by atoms with Crippen LogP contribution in [-0.4, -0.2) is 36.2 Å². The molecular formula is C7H14ClNO. The average molecular weight is 164 g/mol. The van der Waals surface area contributed by atoms with Crippen LogP contribution >= 0.6 is 11.6 Å². The number of hydrogen-bond acceptors (Lipinski definition) is 2. The molecule has 60 valence electrons. The molecule has 0 N–H and O–H groups in total. The summed E-state index contributed by atoms with van der Waals surface area (Å²) in [6, 6.07) is 0. The summed E-state index contributed by atoms with van der Waals surface area (Å²) in [6.07, 6.45) is 0.293. The molecule has 0 aromatic rings. The molecule has 2 nitrogen and oxygen atoms in total. The molecule has 0 saturated carbocycles. The third-order valence-electron chi connectivity index (χ3n) is 1.83. The summed E-state index contributed by atoms with van der Waals surface area (Å²) in [5, 5.41) is 0. The van der Waals surface area contributed by atoms with Crippen LogP contribution in [0.4, 0.5) is 0 Å². The van der Waals surface area contributed by atoms with Crippen molar-refractivity contribution in [3.8, 4) is 0 Å². The molecule has 0 spiro atoms. The van der Waals surface area contributed by atoms with Crippen LogP contribution in [-0.2, 0) is 4.74 Å². The molecule has 1 aliphatic rings. The molecule has 1 aliphatic heterocycles. The number of epoxide rings is 1. The summed E-state index contributed by atoms with van der Waals surface area (Å²) in [5.41, 5.74) is 0.0926. The molecule has 1 fully saturated rings. The first kappa shape index (κ1) is 8.31. The summed E-state index contributed by atoms with van der Waals surface area (Å²) < 4.78 is 5.08. The van der Waals surface area contributed by atoms with Gasteiger partial charge in [-0.3, -0.25) is 4.90 Å². The zero-order chi connectivity index (χ0) is 7.56. The molecule has 0 bridgehead atoms. The van der Waals surface area contributed by atoms with Gasteiger partial charge in [-0.05, 0) is 13.1 Å². The summed E-state index contributed by atoms with van der Waals surface area (Å²) in [7, 11) is 0. The van der Waals surface area contributed by atoms with Gasteiger partial charge in [0.05, 0.1) is 6.61 Å². The van der Waals surface area contributed by atoms with Crippen LogP contribution in [0.1, 0.15) is 13.8 Å². The van der Waals surface area contributed by atoms with Gasteiger partial charge in [0, 0.05) is 0 Å². The number of rotatable bonds is 4. The molecule has 0 amide bonds. The van der Waals surface area contributed by atoms with Gasteiger partial charge in [0.2, 0.25) is 0 Å². The second kappa shape index (κ2) is 3.56. The Bertz CT molecular complexity index is 102. The molecule has 10 heavy (non-hydrogen) atoms. The maximum absolute atomic E-state index is 6.05. The van der Waals surface area contributed by atoms with E-state index < -0.39 is 0 Å². The highest BCUT2D eigenvalue weighted by Gasteiger charge is 2.34. The van der Waals surface area contributed by atoms with Crippen LogP contribution in [0.3, 0.4) is 0 Å². The van der Waals surface area contributed by atoms with Crippen LogP contribution in [0.5, 0.6) is 0 Å². The van der Waals surface area contributed by atoms with E-state index in [1.165, 1.54) is 0 Å². The Morgan fingerprint density at radius 1 is 1.60 bits per heavy atom. The van der Waals surface area contributed by atoms with Crippen molar-refractivity contribution >= 4 is 11.6 Å². The van der Waals surface area contributed by atoms with Gasteiger partial charge in [-0.15, -0.1) is 11.6 Å². The van der Waals surface area contributed by atoms with Crippen molar-refractivity contribution in [3.63, 3.8) is 0 Å². The highest BCUT2D eigenvalue weighted by atomic mass is 35.5. The molecule has 0 aromatic carbocycles. The minimum atomic E-state index is 0.0926. The lowest BCUT2D eigenvalue weighted by Crippen LogP contribution is -2.34. The maximum Gasteiger partial charge on any atom is 0.114 e. The van der Waals surface area contributed by atoms with E-state index in [0.717, 1.165) is 19.7 Å². The van der Waals surface area contributed by atoms with E-state index in [4.69, 9.17) is 16.3 Å². The lowest BCUT2D eigenvalue weighted by atomic mass is 10.4. The van der Waals surface area contributed by atoms with Crippen LogP contribution in [0.2, 0.25) is 0 Å². The van der Waals surface area contributed by atoms with E-state index >= 15 is 0 Å². The van der Waals surface area contributed by atoms with Crippen LogP contribution in [0.25, 0.3) is 0 Å². The van der Waals surface area contributed by atoms with E-state index in [-0.39, 0.29) is 5.50 Å². The van der Waals surface area contributed by atoms with Gasteiger partial charge in [0.25, 0.3) is 0 Å². The van der Waals surface area contributed by atoms with E-state index in [1.54, 1.807) is 0 Å². The molecule has 1 heterocycles. The summed E-state index contributed by atoms with van der Waals surface area (Å²) in [5.74, 6) is 0. The number of halogens is 1. The Labute approximate surface area is 67.1 Å². The predicted octanol–water partition coefficient (Wildman–Crippen LogP) is 1.29. The summed E-state index contributed by atoms with van der Waals surface area (Å²) >= 11 is 6.05. The molecule has 0 radical (unpaired) electrons. The third-order valence-corrected chi connectivity index (χ3v) is 2.38.